The molecule has 0 atom stereocenters. The fraction of sp³-hybridized carbons (Fsp3) is 0.111. The number of pyridine rings is 1. The van der Waals surface area contributed by atoms with Crippen LogP contribution < -0.4 is 5.32 Å². The fourth-order valence-corrected chi connectivity index (χ4v) is 2.71. The van der Waals surface area contributed by atoms with Crippen molar-refractivity contribution >= 4 is 22.7 Å². The molecular weight excluding hydrogens is 320 g/mol. The van der Waals surface area contributed by atoms with Gasteiger partial charge in [0.1, 0.15) is 0 Å². The fourth-order valence-electron chi connectivity index (χ4n) is 2.71. The lowest BCUT2D eigenvalue weighted by molar-refractivity contribution is 0.102. The maximum atomic E-state index is 12.8. The van der Waals surface area contributed by atoms with E-state index >= 15 is 0 Å². The Morgan fingerprint density at radius 2 is 2.00 bits per heavy atom. The second kappa shape index (κ2) is 5.86. The van der Waals surface area contributed by atoms with Crippen LogP contribution >= 0.6 is 0 Å². The molecule has 0 bridgehead atoms. The zero-order valence-electron chi connectivity index (χ0n) is 13.6. The Morgan fingerprint density at radius 1 is 1.12 bits per heavy atom. The molecule has 0 aliphatic carbocycles. The largest absolute Gasteiger partial charge is 0.356 e. The van der Waals surface area contributed by atoms with E-state index in [0.29, 0.717) is 39.5 Å². The highest BCUT2D eigenvalue weighted by atomic mass is 16.5. The van der Waals surface area contributed by atoms with Crippen molar-refractivity contribution in [1.82, 2.24) is 15.3 Å². The Hall–Kier alpha value is -3.48. The lowest BCUT2D eigenvalue weighted by Gasteiger charge is -2.08. The number of carbonyl (C=O) groups excluding carboxylic acids is 1. The summed E-state index contributed by atoms with van der Waals surface area (Å²) in [4.78, 5) is 17.1. The third kappa shape index (κ3) is 2.76. The quantitative estimate of drug-likeness (QED) is 0.613. The number of amides is 1. The third-order valence-corrected chi connectivity index (χ3v) is 3.83. The van der Waals surface area contributed by atoms with Gasteiger partial charge in [-0.3, -0.25) is 4.79 Å². The van der Waals surface area contributed by atoms with Crippen molar-refractivity contribution in [1.29, 1.82) is 0 Å². The Balaban J connectivity index is 1.69. The normalized spacial score (nSPS) is 11.0. The highest BCUT2D eigenvalue weighted by molar-refractivity contribution is 6.12. The Kier molecular flexibility index (Phi) is 3.53. The first kappa shape index (κ1) is 15.1. The highest BCUT2D eigenvalue weighted by Gasteiger charge is 2.18. The number of rotatable bonds is 3. The molecule has 3 heterocycles. The molecule has 0 fully saturated rings. The predicted molar refractivity (Wildman–Crippen MR) is 91.2 cm³/mol. The summed E-state index contributed by atoms with van der Waals surface area (Å²) in [7, 11) is 0. The molecule has 0 aliphatic heterocycles. The maximum Gasteiger partial charge on any atom is 0.258 e. The summed E-state index contributed by atoms with van der Waals surface area (Å²) in [5.41, 5.74) is 3.62. The molecule has 4 rings (SSSR count). The molecule has 0 spiro atoms. The van der Waals surface area contributed by atoms with Crippen molar-refractivity contribution < 1.29 is 13.8 Å². The molecule has 0 saturated heterocycles. The van der Waals surface area contributed by atoms with Crippen molar-refractivity contribution in [2.24, 2.45) is 0 Å². The van der Waals surface area contributed by atoms with Gasteiger partial charge in [0.05, 0.1) is 22.8 Å². The first-order chi connectivity index (χ1) is 12.1. The first-order valence-electron chi connectivity index (χ1n) is 7.68. The van der Waals surface area contributed by atoms with Crippen LogP contribution in [-0.4, -0.2) is 21.2 Å². The topological polar surface area (TPSA) is 94.1 Å². The number of hydrogen-bond donors (Lipinski definition) is 1. The van der Waals surface area contributed by atoms with Crippen molar-refractivity contribution in [3.63, 3.8) is 0 Å². The van der Waals surface area contributed by atoms with Gasteiger partial charge >= 0.3 is 0 Å². The molecule has 0 saturated carbocycles. The van der Waals surface area contributed by atoms with Crippen LogP contribution in [0.2, 0.25) is 0 Å². The summed E-state index contributed by atoms with van der Waals surface area (Å²) in [6.45, 7) is 3.59. The van der Waals surface area contributed by atoms with Gasteiger partial charge in [-0.2, -0.15) is 0 Å². The van der Waals surface area contributed by atoms with Gasteiger partial charge in [0.25, 0.3) is 11.6 Å². The van der Waals surface area contributed by atoms with Gasteiger partial charge in [-0.25, -0.2) is 4.98 Å². The van der Waals surface area contributed by atoms with Crippen molar-refractivity contribution in [2.45, 2.75) is 13.8 Å². The summed E-state index contributed by atoms with van der Waals surface area (Å²) in [6, 6.07) is 10.8. The number of carbonyl (C=O) groups is 1. The average Bonchev–Trinajstić information content (AvgIpc) is 3.25. The molecule has 7 heteroatoms. The molecular formula is C18H14N4O3. The number of nitrogens with one attached hydrogen (secondary N) is 1. The van der Waals surface area contributed by atoms with Gasteiger partial charge in [-0.1, -0.05) is 22.4 Å². The van der Waals surface area contributed by atoms with Crippen molar-refractivity contribution in [3.05, 3.63) is 59.5 Å². The van der Waals surface area contributed by atoms with E-state index in [1.807, 2.05) is 24.3 Å². The van der Waals surface area contributed by atoms with Crippen LogP contribution in [0.4, 0.5) is 5.69 Å². The zero-order valence-corrected chi connectivity index (χ0v) is 13.6. The molecule has 25 heavy (non-hydrogen) atoms. The van der Waals surface area contributed by atoms with E-state index in [0.717, 1.165) is 5.56 Å². The smallest absolute Gasteiger partial charge is 0.258 e. The van der Waals surface area contributed by atoms with Gasteiger partial charge in [-0.05, 0) is 32.0 Å². The number of benzene rings is 1. The second-order valence-electron chi connectivity index (χ2n) is 5.67. The van der Waals surface area contributed by atoms with Gasteiger partial charge in [-0.15, -0.1) is 0 Å². The van der Waals surface area contributed by atoms with Gasteiger partial charge in [0.15, 0.2) is 5.76 Å². The van der Waals surface area contributed by atoms with E-state index in [9.17, 15) is 4.79 Å². The summed E-state index contributed by atoms with van der Waals surface area (Å²) in [6.07, 6.45) is 1.58. The van der Waals surface area contributed by atoms with E-state index in [1.54, 1.807) is 32.2 Å². The molecule has 0 aliphatic rings. The van der Waals surface area contributed by atoms with Gasteiger partial charge < -0.3 is 14.4 Å². The molecule has 1 amide bonds. The van der Waals surface area contributed by atoms with Crippen LogP contribution in [0.1, 0.15) is 21.7 Å². The van der Waals surface area contributed by atoms with Crippen LogP contribution in [0.15, 0.2) is 51.6 Å². The van der Waals surface area contributed by atoms with Gasteiger partial charge in [0, 0.05) is 23.0 Å². The van der Waals surface area contributed by atoms with Crippen LogP contribution in [0.5, 0.6) is 0 Å². The van der Waals surface area contributed by atoms with E-state index in [-0.39, 0.29) is 5.91 Å². The summed E-state index contributed by atoms with van der Waals surface area (Å²) in [5, 5.41) is 11.1. The standard InChI is InChI=1S/C18H14N4O3/c1-10-8-14(16-11(2)22-25-18(16)20-10)17(23)21-13-5-3-4-12(9-13)15-6-7-19-24-15/h3-9H,1-2H3,(H,21,23). The highest BCUT2D eigenvalue weighted by Crippen LogP contribution is 2.25. The van der Waals surface area contributed by atoms with Crippen LogP contribution in [-0.2, 0) is 0 Å². The molecule has 124 valence electrons. The minimum absolute atomic E-state index is 0.253. The summed E-state index contributed by atoms with van der Waals surface area (Å²) in [5.74, 6) is 0.379. The van der Waals surface area contributed by atoms with Gasteiger partial charge in [0.2, 0.25) is 0 Å². The second-order valence-corrected chi connectivity index (χ2v) is 5.67. The SMILES string of the molecule is Cc1cc(C(=O)Nc2cccc(-c3ccno3)c2)c2c(C)noc2n1. The zero-order chi connectivity index (χ0) is 17.4. The number of nitrogens with zero attached hydrogens (tertiary/aromatic N) is 3. The van der Waals surface area contributed by atoms with Crippen LogP contribution in [0, 0.1) is 13.8 Å². The average molecular weight is 334 g/mol. The molecule has 1 aromatic carbocycles. The number of anilines is 1. The summed E-state index contributed by atoms with van der Waals surface area (Å²) >= 11 is 0. The summed E-state index contributed by atoms with van der Waals surface area (Å²) < 4.78 is 10.3. The van der Waals surface area contributed by atoms with Crippen molar-refractivity contribution in [3.8, 4) is 11.3 Å². The van der Waals surface area contributed by atoms with Crippen LogP contribution in [0.25, 0.3) is 22.4 Å². The molecule has 4 aromatic rings. The monoisotopic (exact) mass is 334 g/mol. The van der Waals surface area contributed by atoms with E-state index in [2.05, 4.69) is 20.6 Å². The Labute approximate surface area is 142 Å². The molecule has 3 aromatic heterocycles. The molecule has 7 nitrogen and oxygen atoms in total. The third-order valence-electron chi connectivity index (χ3n) is 3.83. The lowest BCUT2D eigenvalue weighted by atomic mass is 10.1. The minimum Gasteiger partial charge on any atom is -0.356 e. The Morgan fingerprint density at radius 3 is 2.80 bits per heavy atom. The predicted octanol–water partition coefficient (Wildman–Crippen LogP) is 3.75. The lowest BCUT2D eigenvalue weighted by Crippen LogP contribution is -2.13. The van der Waals surface area contributed by atoms with E-state index < -0.39 is 0 Å². The number of hydrogen-bond acceptors (Lipinski definition) is 6. The Bertz CT molecular complexity index is 1070. The molecule has 1 N–H and O–H groups in total. The van der Waals surface area contributed by atoms with E-state index in [1.165, 1.54) is 0 Å². The first-order valence-corrected chi connectivity index (χ1v) is 7.68. The molecule has 0 unspecified atom stereocenters. The van der Waals surface area contributed by atoms with E-state index in [4.69, 9.17) is 9.05 Å². The van der Waals surface area contributed by atoms with Crippen LogP contribution in [0.3, 0.4) is 0 Å². The maximum absolute atomic E-state index is 12.8. The minimum atomic E-state index is -0.253. The number of fused-ring (bicyclic) bond motifs is 1. The number of aryl methyl sites for hydroxylation is 2. The number of aromatic nitrogens is 3. The van der Waals surface area contributed by atoms with Crippen molar-refractivity contribution in [2.75, 3.05) is 5.32 Å². The molecule has 0 radical (unpaired) electrons.